The number of rotatable bonds is 7. The van der Waals surface area contributed by atoms with Gasteiger partial charge in [0.15, 0.2) is 0 Å². The molecule has 2 amide bonds. The lowest BCUT2D eigenvalue weighted by Gasteiger charge is -2.24. The van der Waals surface area contributed by atoms with Gasteiger partial charge in [0, 0.05) is 18.7 Å². The van der Waals surface area contributed by atoms with Gasteiger partial charge in [-0.2, -0.15) is 0 Å². The molecule has 1 aliphatic rings. The van der Waals surface area contributed by atoms with Gasteiger partial charge < -0.3 is 10.2 Å². The minimum atomic E-state index is -0.0752. The number of benzene rings is 3. The molecule has 1 atom stereocenters. The molecule has 1 saturated heterocycles. The first-order valence-electron chi connectivity index (χ1n) is 10.1. The van der Waals surface area contributed by atoms with E-state index in [9.17, 15) is 9.59 Å². The number of carbonyl (C=O) groups is 2. The molecule has 3 aromatic carbocycles. The molecule has 0 bridgehead atoms. The Morgan fingerprint density at radius 1 is 0.900 bits per heavy atom. The van der Waals surface area contributed by atoms with Crippen LogP contribution < -0.4 is 5.32 Å². The molecular formula is C25H24N2O2S. The summed E-state index contributed by atoms with van der Waals surface area (Å²) in [4.78, 5) is 26.8. The van der Waals surface area contributed by atoms with Gasteiger partial charge in [0.25, 0.3) is 5.91 Å². The van der Waals surface area contributed by atoms with Crippen molar-refractivity contribution in [1.82, 2.24) is 10.2 Å². The number of hydrogen-bond donors (Lipinski definition) is 1. The van der Waals surface area contributed by atoms with Gasteiger partial charge >= 0.3 is 0 Å². The van der Waals surface area contributed by atoms with Crippen LogP contribution in [-0.2, 0) is 17.8 Å². The van der Waals surface area contributed by atoms with Crippen LogP contribution in [0.15, 0.2) is 84.9 Å². The molecular weight excluding hydrogens is 392 g/mol. The zero-order chi connectivity index (χ0) is 20.8. The first-order valence-corrected chi connectivity index (χ1v) is 11.1. The van der Waals surface area contributed by atoms with Gasteiger partial charge in [-0.15, -0.1) is 11.8 Å². The highest BCUT2D eigenvalue weighted by atomic mass is 32.2. The van der Waals surface area contributed by atoms with Gasteiger partial charge in [0.05, 0.1) is 5.75 Å². The van der Waals surface area contributed by atoms with E-state index in [1.54, 1.807) is 11.8 Å². The minimum absolute atomic E-state index is 0.0205. The van der Waals surface area contributed by atoms with Crippen molar-refractivity contribution < 1.29 is 9.59 Å². The summed E-state index contributed by atoms with van der Waals surface area (Å²) >= 11 is 1.63. The molecule has 1 aliphatic heterocycles. The molecule has 0 radical (unpaired) electrons. The summed E-state index contributed by atoms with van der Waals surface area (Å²) in [6.07, 6.45) is 0.805. The summed E-state index contributed by atoms with van der Waals surface area (Å²) < 4.78 is 0. The van der Waals surface area contributed by atoms with Gasteiger partial charge in [-0.1, -0.05) is 72.8 Å². The smallest absolute Gasteiger partial charge is 0.251 e. The Morgan fingerprint density at radius 3 is 2.20 bits per heavy atom. The molecule has 152 valence electrons. The van der Waals surface area contributed by atoms with E-state index in [1.807, 2.05) is 77.7 Å². The predicted molar refractivity (Wildman–Crippen MR) is 121 cm³/mol. The van der Waals surface area contributed by atoms with Crippen LogP contribution in [0.1, 0.15) is 32.4 Å². The number of hydrogen-bond acceptors (Lipinski definition) is 3. The quantitative estimate of drug-likeness (QED) is 0.620. The first kappa shape index (κ1) is 20.2. The van der Waals surface area contributed by atoms with Gasteiger partial charge in [-0.25, -0.2) is 0 Å². The second kappa shape index (κ2) is 9.63. The van der Waals surface area contributed by atoms with Crippen LogP contribution in [0, 0.1) is 0 Å². The molecule has 5 heteroatoms. The van der Waals surface area contributed by atoms with Gasteiger partial charge in [0.1, 0.15) is 5.37 Å². The Hall–Kier alpha value is -3.05. The Kier molecular flexibility index (Phi) is 6.50. The van der Waals surface area contributed by atoms with Crippen molar-refractivity contribution >= 4 is 23.6 Å². The van der Waals surface area contributed by atoms with Gasteiger partial charge in [0.2, 0.25) is 5.91 Å². The summed E-state index contributed by atoms with van der Waals surface area (Å²) in [5, 5.41) is 2.96. The Morgan fingerprint density at radius 2 is 1.53 bits per heavy atom. The van der Waals surface area contributed by atoms with Crippen molar-refractivity contribution in [3.05, 3.63) is 107 Å². The van der Waals surface area contributed by atoms with Crippen LogP contribution >= 0.6 is 11.8 Å². The maximum Gasteiger partial charge on any atom is 0.251 e. The average molecular weight is 417 g/mol. The number of nitrogens with zero attached hydrogens (tertiary/aromatic N) is 1. The molecule has 1 fully saturated rings. The zero-order valence-corrected chi connectivity index (χ0v) is 17.5. The van der Waals surface area contributed by atoms with Crippen LogP contribution in [0.4, 0.5) is 0 Å². The van der Waals surface area contributed by atoms with Crippen LogP contribution in [0.2, 0.25) is 0 Å². The van der Waals surface area contributed by atoms with E-state index in [0.29, 0.717) is 24.4 Å². The minimum Gasteiger partial charge on any atom is -0.352 e. The molecule has 1 N–H and O–H groups in total. The zero-order valence-electron chi connectivity index (χ0n) is 16.7. The third kappa shape index (κ3) is 4.92. The van der Waals surface area contributed by atoms with Crippen molar-refractivity contribution in [2.75, 3.05) is 12.3 Å². The van der Waals surface area contributed by atoms with E-state index in [1.165, 1.54) is 5.56 Å². The molecule has 1 heterocycles. The fourth-order valence-electron chi connectivity index (χ4n) is 3.55. The summed E-state index contributed by atoms with van der Waals surface area (Å²) in [5.41, 5.74) is 4.00. The maximum absolute atomic E-state index is 12.4. The molecule has 0 aromatic heterocycles. The third-order valence-electron chi connectivity index (χ3n) is 5.16. The van der Waals surface area contributed by atoms with Gasteiger partial charge in [-0.3, -0.25) is 9.59 Å². The molecule has 3 aromatic rings. The largest absolute Gasteiger partial charge is 0.352 e. The average Bonchev–Trinajstić information content (AvgIpc) is 3.15. The first-order chi connectivity index (χ1) is 14.7. The number of carbonyl (C=O) groups excluding carboxylic acids is 2. The molecule has 4 nitrogen and oxygen atoms in total. The molecule has 0 saturated carbocycles. The highest BCUT2D eigenvalue weighted by Gasteiger charge is 2.32. The lowest BCUT2D eigenvalue weighted by Crippen LogP contribution is -2.28. The normalized spacial score (nSPS) is 15.9. The van der Waals surface area contributed by atoms with E-state index in [0.717, 1.165) is 17.5 Å². The predicted octanol–water partition coefficient (Wildman–Crippen LogP) is 4.43. The van der Waals surface area contributed by atoms with E-state index in [-0.39, 0.29) is 17.2 Å². The van der Waals surface area contributed by atoms with Crippen molar-refractivity contribution in [3.63, 3.8) is 0 Å². The second-order valence-corrected chi connectivity index (χ2v) is 8.35. The second-order valence-electron chi connectivity index (χ2n) is 7.28. The number of amides is 2. The van der Waals surface area contributed by atoms with Gasteiger partial charge in [-0.05, 0) is 35.2 Å². The molecule has 0 aliphatic carbocycles. The summed E-state index contributed by atoms with van der Waals surface area (Å²) in [7, 11) is 0. The van der Waals surface area contributed by atoms with Crippen molar-refractivity contribution in [2.45, 2.75) is 18.3 Å². The number of nitrogens with one attached hydrogen (secondary N) is 1. The Balaban J connectivity index is 1.37. The standard InChI is InChI=1S/C25H24N2O2S/c28-23-18-30-25(27(23)17-20-9-5-2-6-10-20)22-13-11-21(12-14-22)24(29)26-16-15-19-7-3-1-4-8-19/h1-14,25H,15-18H2,(H,26,29)/t25-/m1/s1. The fourth-order valence-corrected chi connectivity index (χ4v) is 4.74. The topological polar surface area (TPSA) is 49.4 Å². The lowest BCUT2D eigenvalue weighted by atomic mass is 10.1. The van der Waals surface area contributed by atoms with Crippen LogP contribution in [0.25, 0.3) is 0 Å². The fraction of sp³-hybridized carbons (Fsp3) is 0.200. The van der Waals surface area contributed by atoms with E-state index >= 15 is 0 Å². The Bertz CT molecular complexity index is 991. The highest BCUT2D eigenvalue weighted by Crippen LogP contribution is 2.39. The molecule has 0 unspecified atom stereocenters. The van der Waals surface area contributed by atoms with Crippen molar-refractivity contribution in [3.8, 4) is 0 Å². The highest BCUT2D eigenvalue weighted by molar-refractivity contribution is 8.00. The van der Waals surface area contributed by atoms with Crippen LogP contribution in [0.3, 0.4) is 0 Å². The number of thioether (sulfide) groups is 1. The SMILES string of the molecule is O=C(NCCc1ccccc1)c1ccc([C@H]2SCC(=O)N2Cc2ccccc2)cc1. The van der Waals surface area contributed by atoms with E-state index in [2.05, 4.69) is 17.4 Å². The summed E-state index contributed by atoms with van der Waals surface area (Å²) in [5.74, 6) is 0.560. The molecule has 4 rings (SSSR count). The maximum atomic E-state index is 12.4. The molecule has 30 heavy (non-hydrogen) atoms. The van der Waals surface area contributed by atoms with Crippen LogP contribution in [0.5, 0.6) is 0 Å². The van der Waals surface area contributed by atoms with Crippen molar-refractivity contribution in [2.24, 2.45) is 0 Å². The van der Waals surface area contributed by atoms with Crippen molar-refractivity contribution in [1.29, 1.82) is 0 Å². The lowest BCUT2D eigenvalue weighted by molar-refractivity contribution is -0.128. The monoisotopic (exact) mass is 416 g/mol. The Labute approximate surface area is 181 Å². The molecule has 0 spiro atoms. The summed E-state index contributed by atoms with van der Waals surface area (Å²) in [6, 6.07) is 27.7. The summed E-state index contributed by atoms with van der Waals surface area (Å²) in [6.45, 7) is 1.20. The van der Waals surface area contributed by atoms with E-state index < -0.39 is 0 Å². The van der Waals surface area contributed by atoms with Crippen LogP contribution in [-0.4, -0.2) is 29.0 Å². The third-order valence-corrected chi connectivity index (χ3v) is 6.42. The van der Waals surface area contributed by atoms with E-state index in [4.69, 9.17) is 0 Å².